The topological polar surface area (TPSA) is 84.5 Å². The van der Waals surface area contributed by atoms with E-state index in [0.29, 0.717) is 29.7 Å². The number of fused-ring (bicyclic) bond motifs is 1. The lowest BCUT2D eigenvalue weighted by molar-refractivity contribution is 0.0791. The number of hydrogen-bond acceptors (Lipinski definition) is 5. The Kier molecular flexibility index (Phi) is 3.95. The van der Waals surface area contributed by atoms with Crippen LogP contribution < -0.4 is 10.3 Å². The molecule has 0 aliphatic carbocycles. The molecule has 0 bridgehead atoms. The van der Waals surface area contributed by atoms with Crippen LogP contribution in [0.25, 0.3) is 10.9 Å². The van der Waals surface area contributed by atoms with E-state index in [2.05, 4.69) is 9.97 Å². The van der Waals surface area contributed by atoms with Gasteiger partial charge in [0.05, 0.1) is 24.3 Å². The number of ether oxygens (including phenoxy) is 2. The van der Waals surface area contributed by atoms with E-state index >= 15 is 0 Å². The lowest BCUT2D eigenvalue weighted by atomic mass is 10.1. The molecular weight excluding hydrogens is 286 g/mol. The van der Waals surface area contributed by atoms with Crippen LogP contribution in [0.3, 0.4) is 0 Å². The van der Waals surface area contributed by atoms with Gasteiger partial charge in [-0.15, -0.1) is 0 Å². The number of nitrogens with zero attached hydrogens (tertiary/aromatic N) is 2. The summed E-state index contributed by atoms with van der Waals surface area (Å²) in [6.45, 7) is 1.21. The molecule has 22 heavy (non-hydrogen) atoms. The number of carbonyl (C=O) groups is 1. The third-order valence-electron chi connectivity index (χ3n) is 3.79. The molecule has 2 aromatic rings. The number of likely N-dealkylation sites (tertiary alicyclic amines) is 1. The highest BCUT2D eigenvalue weighted by atomic mass is 16.5. The van der Waals surface area contributed by atoms with Crippen LogP contribution in [-0.2, 0) is 4.74 Å². The van der Waals surface area contributed by atoms with Crippen LogP contribution in [-0.4, -0.2) is 47.3 Å². The van der Waals surface area contributed by atoms with E-state index in [1.807, 2.05) is 0 Å². The highest BCUT2D eigenvalue weighted by Crippen LogP contribution is 2.21. The van der Waals surface area contributed by atoms with Gasteiger partial charge in [0.25, 0.3) is 5.56 Å². The van der Waals surface area contributed by atoms with E-state index in [1.165, 1.54) is 13.4 Å². The molecule has 1 aromatic heterocycles. The molecule has 0 unspecified atom stereocenters. The van der Waals surface area contributed by atoms with Gasteiger partial charge < -0.3 is 19.4 Å². The van der Waals surface area contributed by atoms with E-state index in [0.717, 1.165) is 12.8 Å². The van der Waals surface area contributed by atoms with Crippen molar-refractivity contribution in [3.05, 3.63) is 34.9 Å². The minimum atomic E-state index is -0.304. The zero-order chi connectivity index (χ0) is 15.5. The summed E-state index contributed by atoms with van der Waals surface area (Å²) in [5, 5.41) is 0.506. The highest BCUT2D eigenvalue weighted by molar-refractivity contribution is 5.78. The van der Waals surface area contributed by atoms with Gasteiger partial charge in [0.1, 0.15) is 11.9 Å². The lowest BCUT2D eigenvalue weighted by Gasteiger charge is -2.31. The first-order chi connectivity index (χ1) is 10.7. The molecule has 1 N–H and O–H groups in total. The van der Waals surface area contributed by atoms with Gasteiger partial charge in [0.15, 0.2) is 0 Å². The first-order valence-electron chi connectivity index (χ1n) is 7.14. The Morgan fingerprint density at radius 3 is 2.86 bits per heavy atom. The van der Waals surface area contributed by atoms with E-state index < -0.39 is 0 Å². The number of aromatic amines is 1. The van der Waals surface area contributed by atoms with Gasteiger partial charge in [-0.25, -0.2) is 9.78 Å². The third-order valence-corrected chi connectivity index (χ3v) is 3.79. The Hall–Kier alpha value is -2.57. The van der Waals surface area contributed by atoms with E-state index in [9.17, 15) is 9.59 Å². The Morgan fingerprint density at radius 1 is 1.36 bits per heavy atom. The molecule has 3 rings (SSSR count). The number of benzene rings is 1. The summed E-state index contributed by atoms with van der Waals surface area (Å²) >= 11 is 0. The second-order valence-corrected chi connectivity index (χ2v) is 5.18. The molecule has 0 spiro atoms. The van der Waals surface area contributed by atoms with Crippen LogP contribution in [0.15, 0.2) is 29.3 Å². The zero-order valence-electron chi connectivity index (χ0n) is 12.2. The predicted molar refractivity (Wildman–Crippen MR) is 80.0 cm³/mol. The quantitative estimate of drug-likeness (QED) is 0.909. The van der Waals surface area contributed by atoms with Crippen LogP contribution in [0.2, 0.25) is 0 Å². The average Bonchev–Trinajstić information content (AvgIpc) is 2.55. The first-order valence-corrected chi connectivity index (χ1v) is 7.14. The molecule has 1 fully saturated rings. The van der Waals surface area contributed by atoms with Crippen LogP contribution in [0.1, 0.15) is 12.8 Å². The van der Waals surface area contributed by atoms with Gasteiger partial charge in [-0.2, -0.15) is 0 Å². The van der Waals surface area contributed by atoms with Crippen molar-refractivity contribution in [1.29, 1.82) is 0 Å². The van der Waals surface area contributed by atoms with Gasteiger partial charge in [-0.05, 0) is 18.2 Å². The van der Waals surface area contributed by atoms with E-state index in [-0.39, 0.29) is 17.8 Å². The maximum absolute atomic E-state index is 11.8. The molecular formula is C15H17N3O4. The zero-order valence-corrected chi connectivity index (χ0v) is 12.2. The van der Waals surface area contributed by atoms with Gasteiger partial charge in [0, 0.05) is 25.9 Å². The van der Waals surface area contributed by atoms with Gasteiger partial charge >= 0.3 is 6.09 Å². The number of methoxy groups -OCH3 is 1. The number of carbonyl (C=O) groups excluding carboxylic acids is 1. The van der Waals surface area contributed by atoms with Crippen molar-refractivity contribution in [3.8, 4) is 5.75 Å². The number of piperidine rings is 1. The minimum Gasteiger partial charge on any atom is -0.490 e. The van der Waals surface area contributed by atoms with Crippen molar-refractivity contribution < 1.29 is 14.3 Å². The second kappa shape index (κ2) is 6.05. The first kappa shape index (κ1) is 14.4. The number of amides is 1. The minimum absolute atomic E-state index is 0.0223. The molecule has 7 nitrogen and oxygen atoms in total. The SMILES string of the molecule is COC(=O)N1CCC(Oc2ccc3nc[nH]c(=O)c3c2)CC1. The third kappa shape index (κ3) is 2.88. The summed E-state index contributed by atoms with van der Waals surface area (Å²) in [6.07, 6.45) is 2.57. The van der Waals surface area contributed by atoms with Gasteiger partial charge in [-0.1, -0.05) is 0 Å². The van der Waals surface area contributed by atoms with Gasteiger partial charge in [-0.3, -0.25) is 4.79 Å². The van der Waals surface area contributed by atoms with Crippen molar-refractivity contribution in [3.63, 3.8) is 0 Å². The molecule has 1 aromatic carbocycles. The molecule has 116 valence electrons. The summed E-state index contributed by atoms with van der Waals surface area (Å²) in [4.78, 5) is 31.5. The van der Waals surface area contributed by atoms with E-state index in [1.54, 1.807) is 23.1 Å². The summed E-state index contributed by atoms with van der Waals surface area (Å²) < 4.78 is 10.6. The molecule has 0 atom stereocenters. The number of rotatable bonds is 2. The van der Waals surface area contributed by atoms with Crippen LogP contribution in [0, 0.1) is 0 Å². The van der Waals surface area contributed by atoms with Crippen molar-refractivity contribution in [2.24, 2.45) is 0 Å². The Morgan fingerprint density at radius 2 is 2.14 bits per heavy atom. The van der Waals surface area contributed by atoms with Crippen molar-refractivity contribution in [2.75, 3.05) is 20.2 Å². The molecule has 1 saturated heterocycles. The molecule has 2 heterocycles. The largest absolute Gasteiger partial charge is 0.490 e. The molecule has 0 saturated carbocycles. The average molecular weight is 303 g/mol. The molecule has 1 aliphatic rings. The molecule has 1 amide bonds. The second-order valence-electron chi connectivity index (χ2n) is 5.18. The smallest absolute Gasteiger partial charge is 0.409 e. The molecule has 0 radical (unpaired) electrons. The van der Waals surface area contributed by atoms with Gasteiger partial charge in [0.2, 0.25) is 0 Å². The fourth-order valence-corrected chi connectivity index (χ4v) is 2.60. The Balaban J connectivity index is 1.68. The summed E-state index contributed by atoms with van der Waals surface area (Å²) in [6, 6.07) is 5.28. The predicted octanol–water partition coefficient (Wildman–Crippen LogP) is 1.53. The number of hydrogen-bond donors (Lipinski definition) is 1. The maximum Gasteiger partial charge on any atom is 0.409 e. The van der Waals surface area contributed by atoms with Crippen molar-refractivity contribution in [2.45, 2.75) is 18.9 Å². The Bertz CT molecular complexity index is 735. The number of nitrogens with one attached hydrogen (secondary N) is 1. The maximum atomic E-state index is 11.8. The van der Waals surface area contributed by atoms with Crippen LogP contribution in [0.4, 0.5) is 4.79 Å². The normalized spacial score (nSPS) is 15.8. The highest BCUT2D eigenvalue weighted by Gasteiger charge is 2.24. The van der Waals surface area contributed by atoms with Crippen LogP contribution in [0.5, 0.6) is 5.75 Å². The van der Waals surface area contributed by atoms with Crippen molar-refractivity contribution >= 4 is 17.0 Å². The lowest BCUT2D eigenvalue weighted by Crippen LogP contribution is -2.41. The van der Waals surface area contributed by atoms with Crippen molar-refractivity contribution in [1.82, 2.24) is 14.9 Å². The fourth-order valence-electron chi connectivity index (χ4n) is 2.60. The molecule has 1 aliphatic heterocycles. The Labute approximate surface area is 126 Å². The standard InChI is InChI=1S/C15H17N3O4/c1-21-15(20)18-6-4-10(5-7-18)22-11-2-3-13-12(8-11)14(19)17-9-16-13/h2-3,8-10H,4-7H2,1H3,(H,16,17,19). The summed E-state index contributed by atoms with van der Waals surface area (Å²) in [7, 11) is 1.38. The van der Waals surface area contributed by atoms with E-state index in [4.69, 9.17) is 9.47 Å². The number of H-pyrrole nitrogens is 1. The summed E-state index contributed by atoms with van der Waals surface area (Å²) in [5.41, 5.74) is 0.451. The fraction of sp³-hybridized carbons (Fsp3) is 0.400. The number of aromatic nitrogens is 2. The van der Waals surface area contributed by atoms with Crippen LogP contribution >= 0.6 is 0 Å². The monoisotopic (exact) mass is 303 g/mol. The summed E-state index contributed by atoms with van der Waals surface area (Å²) in [5.74, 6) is 0.641. The molecule has 7 heteroatoms.